The second-order valence-electron chi connectivity index (χ2n) is 5.98. The molecular formula is C21H30O6. The molecule has 1 aromatic carbocycles. The number of hydrogen-bond donors (Lipinski definition) is 2. The van der Waals surface area contributed by atoms with Gasteiger partial charge in [-0.3, -0.25) is 0 Å². The molecule has 0 amide bonds. The number of methoxy groups -OCH3 is 1. The highest BCUT2D eigenvalue weighted by Crippen LogP contribution is 2.24. The maximum absolute atomic E-state index is 11.4. The number of ether oxygens (including phenoxy) is 3. The lowest BCUT2D eigenvalue weighted by molar-refractivity contribution is -0.137. The summed E-state index contributed by atoms with van der Waals surface area (Å²) in [4.78, 5) is 11.4. The topological polar surface area (TPSA) is 85.2 Å². The van der Waals surface area contributed by atoms with E-state index in [4.69, 9.17) is 19.3 Å². The standard InChI is InChI=1S/C21H30O6/c1-4-26-20(23)15-16(2)7-5-6-8-19(25-3)21(24)17-9-11-18(12-10-17)27-14-13-22/h5,7,9-12,15,19,21-22,24H,4,6,8,13-14H2,1-3H3/b7-5+,16-15+/t19-,21-/m0/s1. The Morgan fingerprint density at radius 1 is 1.26 bits per heavy atom. The second-order valence-corrected chi connectivity index (χ2v) is 5.98. The molecule has 27 heavy (non-hydrogen) atoms. The van der Waals surface area contributed by atoms with Crippen molar-refractivity contribution in [2.45, 2.75) is 38.9 Å². The molecule has 1 rings (SSSR count). The van der Waals surface area contributed by atoms with Crippen molar-refractivity contribution in [2.75, 3.05) is 26.9 Å². The van der Waals surface area contributed by atoms with E-state index in [2.05, 4.69) is 0 Å². The molecule has 0 saturated carbocycles. The highest BCUT2D eigenvalue weighted by Gasteiger charge is 2.19. The SMILES string of the molecule is CCOC(=O)/C=C(C)/C=C/CC[C@H](OC)[C@@H](O)c1ccc(OCCO)cc1. The minimum Gasteiger partial charge on any atom is -0.491 e. The number of esters is 1. The number of rotatable bonds is 12. The highest BCUT2D eigenvalue weighted by molar-refractivity contribution is 5.83. The number of carbonyl (C=O) groups is 1. The van der Waals surface area contributed by atoms with Crippen LogP contribution in [-0.4, -0.2) is 49.2 Å². The van der Waals surface area contributed by atoms with Crippen molar-refractivity contribution in [2.24, 2.45) is 0 Å². The van der Waals surface area contributed by atoms with Gasteiger partial charge in [0.15, 0.2) is 0 Å². The Labute approximate surface area is 161 Å². The Hall–Kier alpha value is -2.15. The molecule has 0 aliphatic rings. The summed E-state index contributed by atoms with van der Waals surface area (Å²) in [5.74, 6) is 0.289. The number of carbonyl (C=O) groups excluding carboxylic acids is 1. The first-order chi connectivity index (χ1) is 13.0. The van der Waals surface area contributed by atoms with Crippen LogP contribution in [0.5, 0.6) is 5.75 Å². The molecule has 0 aromatic heterocycles. The molecule has 2 atom stereocenters. The van der Waals surface area contributed by atoms with Crippen molar-refractivity contribution < 1.29 is 29.2 Å². The van der Waals surface area contributed by atoms with Gasteiger partial charge in [-0.05, 0) is 50.0 Å². The molecule has 0 aliphatic carbocycles. The average molecular weight is 378 g/mol. The molecule has 1 aromatic rings. The molecule has 0 bridgehead atoms. The van der Waals surface area contributed by atoms with Crippen LogP contribution >= 0.6 is 0 Å². The minimum absolute atomic E-state index is 0.0436. The van der Waals surface area contributed by atoms with Crippen LogP contribution in [0.2, 0.25) is 0 Å². The van der Waals surface area contributed by atoms with E-state index in [9.17, 15) is 9.90 Å². The van der Waals surface area contributed by atoms with Gasteiger partial charge in [0.05, 0.1) is 19.3 Å². The summed E-state index contributed by atoms with van der Waals surface area (Å²) in [6.07, 6.45) is 5.45. The van der Waals surface area contributed by atoms with E-state index in [1.54, 1.807) is 38.3 Å². The zero-order valence-corrected chi connectivity index (χ0v) is 16.3. The van der Waals surface area contributed by atoms with E-state index in [0.717, 1.165) is 11.1 Å². The quantitative estimate of drug-likeness (QED) is 0.330. The monoisotopic (exact) mass is 378 g/mol. The maximum Gasteiger partial charge on any atom is 0.330 e. The van der Waals surface area contributed by atoms with Crippen molar-refractivity contribution in [1.82, 2.24) is 0 Å². The van der Waals surface area contributed by atoms with E-state index in [0.29, 0.717) is 25.2 Å². The van der Waals surface area contributed by atoms with Crippen molar-refractivity contribution in [1.29, 1.82) is 0 Å². The number of allylic oxidation sites excluding steroid dienone is 3. The van der Waals surface area contributed by atoms with Crippen molar-refractivity contribution in [3.05, 3.63) is 53.6 Å². The van der Waals surface area contributed by atoms with Crippen molar-refractivity contribution >= 4 is 5.97 Å². The van der Waals surface area contributed by atoms with Crippen molar-refractivity contribution in [3.63, 3.8) is 0 Å². The molecule has 0 saturated heterocycles. The smallest absolute Gasteiger partial charge is 0.330 e. The zero-order chi connectivity index (χ0) is 20.1. The first kappa shape index (κ1) is 22.9. The van der Waals surface area contributed by atoms with E-state index < -0.39 is 6.10 Å². The minimum atomic E-state index is -0.758. The lowest BCUT2D eigenvalue weighted by atomic mass is 10.0. The van der Waals surface area contributed by atoms with Gasteiger partial charge < -0.3 is 24.4 Å². The third-order valence-electron chi connectivity index (χ3n) is 3.87. The van der Waals surface area contributed by atoms with Crippen LogP contribution in [-0.2, 0) is 14.3 Å². The number of benzene rings is 1. The fourth-order valence-electron chi connectivity index (χ4n) is 2.49. The predicted molar refractivity (Wildman–Crippen MR) is 104 cm³/mol. The van der Waals surface area contributed by atoms with Crippen molar-refractivity contribution in [3.8, 4) is 5.75 Å². The lowest BCUT2D eigenvalue weighted by Gasteiger charge is -2.21. The third-order valence-corrected chi connectivity index (χ3v) is 3.87. The van der Waals surface area contributed by atoms with Gasteiger partial charge in [0.25, 0.3) is 0 Å². The molecule has 0 heterocycles. The fraction of sp³-hybridized carbons (Fsp3) is 0.476. The normalized spacial score (nSPS) is 14.2. The highest BCUT2D eigenvalue weighted by atomic mass is 16.5. The second kappa shape index (κ2) is 13.1. The maximum atomic E-state index is 11.4. The summed E-state index contributed by atoms with van der Waals surface area (Å²) in [5.41, 5.74) is 1.54. The Kier molecular flexibility index (Phi) is 11.1. The van der Waals surface area contributed by atoms with Gasteiger partial charge in [-0.15, -0.1) is 0 Å². The Morgan fingerprint density at radius 3 is 2.56 bits per heavy atom. The molecule has 6 heteroatoms. The summed E-state index contributed by atoms with van der Waals surface area (Å²) >= 11 is 0. The average Bonchev–Trinajstić information content (AvgIpc) is 2.66. The molecule has 6 nitrogen and oxygen atoms in total. The largest absolute Gasteiger partial charge is 0.491 e. The van der Waals surface area contributed by atoms with Crippen LogP contribution in [0.15, 0.2) is 48.1 Å². The lowest BCUT2D eigenvalue weighted by Crippen LogP contribution is -2.20. The van der Waals surface area contributed by atoms with Crippen LogP contribution in [0.25, 0.3) is 0 Å². The molecule has 0 fully saturated rings. The Morgan fingerprint density at radius 2 is 1.96 bits per heavy atom. The number of hydrogen-bond acceptors (Lipinski definition) is 6. The van der Waals surface area contributed by atoms with Crippen LogP contribution < -0.4 is 4.74 Å². The Balaban J connectivity index is 2.55. The van der Waals surface area contributed by atoms with Gasteiger partial charge in [-0.2, -0.15) is 0 Å². The summed E-state index contributed by atoms with van der Waals surface area (Å²) in [7, 11) is 1.57. The zero-order valence-electron chi connectivity index (χ0n) is 16.3. The summed E-state index contributed by atoms with van der Waals surface area (Å²) < 4.78 is 15.6. The first-order valence-corrected chi connectivity index (χ1v) is 9.07. The van der Waals surface area contributed by atoms with Gasteiger partial charge in [-0.1, -0.05) is 24.3 Å². The molecule has 2 N–H and O–H groups in total. The molecule has 0 unspecified atom stereocenters. The van der Waals surface area contributed by atoms with Crippen LogP contribution in [0.3, 0.4) is 0 Å². The summed E-state index contributed by atoms with van der Waals surface area (Å²) in [5, 5.41) is 19.3. The summed E-state index contributed by atoms with van der Waals surface area (Å²) in [6, 6.07) is 7.08. The summed E-state index contributed by atoms with van der Waals surface area (Å²) in [6.45, 7) is 4.14. The van der Waals surface area contributed by atoms with Gasteiger partial charge in [0.2, 0.25) is 0 Å². The van der Waals surface area contributed by atoms with Gasteiger partial charge in [-0.25, -0.2) is 4.79 Å². The van der Waals surface area contributed by atoms with Crippen LogP contribution in [0.4, 0.5) is 0 Å². The first-order valence-electron chi connectivity index (χ1n) is 9.07. The predicted octanol–water partition coefficient (Wildman–Crippen LogP) is 2.95. The molecule has 0 aliphatic heterocycles. The number of aliphatic hydroxyl groups excluding tert-OH is 2. The molecule has 0 radical (unpaired) electrons. The molecule has 150 valence electrons. The van der Waals surface area contributed by atoms with E-state index in [-0.39, 0.29) is 25.3 Å². The van der Waals surface area contributed by atoms with Gasteiger partial charge in [0, 0.05) is 13.2 Å². The van der Waals surface area contributed by atoms with Gasteiger partial charge in [0.1, 0.15) is 18.5 Å². The van der Waals surface area contributed by atoms with E-state index >= 15 is 0 Å². The van der Waals surface area contributed by atoms with E-state index in [1.165, 1.54) is 6.08 Å². The fourth-order valence-corrected chi connectivity index (χ4v) is 2.49. The molecule has 0 spiro atoms. The van der Waals surface area contributed by atoms with E-state index in [1.807, 2.05) is 19.1 Å². The van der Waals surface area contributed by atoms with Crippen LogP contribution in [0, 0.1) is 0 Å². The van der Waals surface area contributed by atoms with Crippen LogP contribution in [0.1, 0.15) is 38.4 Å². The molecular weight excluding hydrogens is 348 g/mol. The van der Waals surface area contributed by atoms with Gasteiger partial charge >= 0.3 is 5.97 Å². The third kappa shape index (κ3) is 8.86. The Bertz CT molecular complexity index is 606. The number of aliphatic hydroxyl groups is 2.